The molecule has 0 radical (unpaired) electrons. The van der Waals surface area contributed by atoms with Gasteiger partial charge in [0.1, 0.15) is 5.69 Å². The predicted octanol–water partition coefficient (Wildman–Crippen LogP) is 3.79. The third kappa shape index (κ3) is 3.91. The monoisotopic (exact) mass is 340 g/mol. The first-order chi connectivity index (χ1) is 12.1. The van der Waals surface area contributed by atoms with Crippen molar-refractivity contribution in [2.75, 3.05) is 42.9 Å². The van der Waals surface area contributed by atoms with E-state index in [1.165, 1.54) is 11.8 Å². The van der Waals surface area contributed by atoms with Gasteiger partial charge < -0.3 is 15.1 Å². The number of para-hydroxylation sites is 2. The van der Waals surface area contributed by atoms with Gasteiger partial charge in [-0.15, -0.1) is 0 Å². The van der Waals surface area contributed by atoms with Gasteiger partial charge in [-0.1, -0.05) is 19.1 Å². The number of nitrogens with zero attached hydrogens (tertiary/aromatic N) is 3. The van der Waals surface area contributed by atoms with E-state index in [1.807, 2.05) is 13.0 Å². The normalized spacial score (nSPS) is 15.2. The molecule has 1 fully saturated rings. The Hall–Kier alpha value is -2.60. The molecule has 0 saturated carbocycles. The molecule has 0 unspecified atom stereocenters. The number of rotatable bonds is 5. The maximum atomic E-state index is 11.2. The van der Waals surface area contributed by atoms with Crippen molar-refractivity contribution >= 4 is 22.7 Å². The molecular formula is C19H24N4O2. The molecule has 6 nitrogen and oxygen atoms in total. The molecule has 2 aromatic carbocycles. The summed E-state index contributed by atoms with van der Waals surface area (Å²) < 4.78 is 0. The number of nitro groups is 1. The number of hydrogen-bond donors (Lipinski definition) is 1. The first-order valence-corrected chi connectivity index (χ1v) is 8.67. The number of piperazine rings is 1. The minimum absolute atomic E-state index is 0.0849. The average molecular weight is 340 g/mol. The predicted molar refractivity (Wildman–Crippen MR) is 102 cm³/mol. The second-order valence-electron chi connectivity index (χ2n) is 6.32. The topological polar surface area (TPSA) is 61.6 Å². The average Bonchev–Trinajstić information content (AvgIpc) is 2.64. The minimum atomic E-state index is -0.362. The third-order valence-electron chi connectivity index (χ3n) is 4.76. The highest BCUT2D eigenvalue weighted by Crippen LogP contribution is 2.30. The summed E-state index contributed by atoms with van der Waals surface area (Å²) in [5.74, 6) is 0. The van der Waals surface area contributed by atoms with Crippen molar-refractivity contribution in [2.45, 2.75) is 13.8 Å². The van der Waals surface area contributed by atoms with E-state index >= 15 is 0 Å². The molecule has 1 saturated heterocycles. The molecule has 0 aliphatic carbocycles. The lowest BCUT2D eigenvalue weighted by molar-refractivity contribution is -0.383. The fourth-order valence-electron chi connectivity index (χ4n) is 3.19. The van der Waals surface area contributed by atoms with Crippen molar-refractivity contribution < 1.29 is 4.92 Å². The maximum absolute atomic E-state index is 11.2. The van der Waals surface area contributed by atoms with Crippen LogP contribution in [0.15, 0.2) is 42.5 Å². The fraction of sp³-hybridized carbons (Fsp3) is 0.368. The molecule has 0 aromatic heterocycles. The molecule has 3 rings (SSSR count). The van der Waals surface area contributed by atoms with Gasteiger partial charge in [0.05, 0.1) is 4.92 Å². The van der Waals surface area contributed by atoms with E-state index in [9.17, 15) is 10.1 Å². The maximum Gasteiger partial charge on any atom is 0.292 e. The van der Waals surface area contributed by atoms with E-state index in [4.69, 9.17) is 0 Å². The first-order valence-electron chi connectivity index (χ1n) is 8.67. The molecule has 0 spiro atoms. The van der Waals surface area contributed by atoms with Gasteiger partial charge in [-0.2, -0.15) is 0 Å². The molecule has 1 aliphatic rings. The van der Waals surface area contributed by atoms with Crippen molar-refractivity contribution in [1.82, 2.24) is 4.90 Å². The van der Waals surface area contributed by atoms with Gasteiger partial charge in [-0.3, -0.25) is 10.1 Å². The SMILES string of the molecule is CCN1CCN(c2ccc(Nc3ccccc3[N+](=O)[O-])c(C)c2)CC1. The lowest BCUT2D eigenvalue weighted by Gasteiger charge is -2.35. The molecule has 132 valence electrons. The zero-order chi connectivity index (χ0) is 17.8. The van der Waals surface area contributed by atoms with Crippen molar-refractivity contribution in [3.05, 3.63) is 58.1 Å². The van der Waals surface area contributed by atoms with Gasteiger partial charge in [-0.05, 0) is 43.3 Å². The quantitative estimate of drug-likeness (QED) is 0.663. The fourth-order valence-corrected chi connectivity index (χ4v) is 3.19. The number of benzene rings is 2. The Morgan fingerprint density at radius 2 is 1.80 bits per heavy atom. The smallest absolute Gasteiger partial charge is 0.292 e. The molecule has 6 heteroatoms. The molecule has 1 heterocycles. The van der Waals surface area contributed by atoms with Gasteiger partial charge >= 0.3 is 0 Å². The van der Waals surface area contributed by atoms with E-state index < -0.39 is 0 Å². The van der Waals surface area contributed by atoms with Gasteiger partial charge in [-0.25, -0.2) is 0 Å². The Labute approximate surface area is 148 Å². The Bertz CT molecular complexity index is 755. The molecule has 1 aliphatic heterocycles. The first kappa shape index (κ1) is 17.2. The molecule has 1 N–H and O–H groups in total. The summed E-state index contributed by atoms with van der Waals surface area (Å²) in [6.07, 6.45) is 0. The van der Waals surface area contributed by atoms with Crippen LogP contribution in [0, 0.1) is 17.0 Å². The number of likely N-dealkylation sites (N-methyl/N-ethyl adjacent to an activating group) is 1. The molecule has 2 aromatic rings. The highest BCUT2D eigenvalue weighted by molar-refractivity contribution is 5.72. The Kier molecular flexibility index (Phi) is 5.19. The van der Waals surface area contributed by atoms with Gasteiger partial charge in [0, 0.05) is 43.6 Å². The van der Waals surface area contributed by atoms with Crippen molar-refractivity contribution in [1.29, 1.82) is 0 Å². The second kappa shape index (κ2) is 7.53. The standard InChI is InChI=1S/C19H24N4O2/c1-3-21-10-12-22(13-11-21)16-8-9-17(15(2)14-16)20-18-6-4-5-7-19(18)23(24)25/h4-9,14,20H,3,10-13H2,1-2H3. The summed E-state index contributed by atoms with van der Waals surface area (Å²) in [6, 6.07) is 13.0. The number of anilines is 3. The van der Waals surface area contributed by atoms with E-state index in [0.29, 0.717) is 5.69 Å². The summed E-state index contributed by atoms with van der Waals surface area (Å²) >= 11 is 0. The molecule has 0 bridgehead atoms. The van der Waals surface area contributed by atoms with Crippen LogP contribution in [0.5, 0.6) is 0 Å². The van der Waals surface area contributed by atoms with E-state index in [-0.39, 0.29) is 10.6 Å². The Balaban J connectivity index is 1.76. The van der Waals surface area contributed by atoms with Crippen LogP contribution in [0.3, 0.4) is 0 Å². The Morgan fingerprint density at radius 3 is 2.44 bits per heavy atom. The summed E-state index contributed by atoms with van der Waals surface area (Å²) in [5, 5.41) is 14.4. The van der Waals surface area contributed by atoms with Crippen LogP contribution >= 0.6 is 0 Å². The zero-order valence-electron chi connectivity index (χ0n) is 14.7. The number of aryl methyl sites for hydroxylation is 1. The van der Waals surface area contributed by atoms with Crippen LogP contribution in [0.1, 0.15) is 12.5 Å². The molecule has 25 heavy (non-hydrogen) atoms. The van der Waals surface area contributed by atoms with E-state index in [2.05, 4.69) is 34.2 Å². The molecule has 0 amide bonds. The van der Waals surface area contributed by atoms with Crippen LogP contribution in [-0.2, 0) is 0 Å². The van der Waals surface area contributed by atoms with Crippen LogP contribution in [0.25, 0.3) is 0 Å². The highest BCUT2D eigenvalue weighted by Gasteiger charge is 2.17. The zero-order valence-corrected chi connectivity index (χ0v) is 14.7. The molecular weight excluding hydrogens is 316 g/mol. The summed E-state index contributed by atoms with van der Waals surface area (Å²) in [4.78, 5) is 15.7. The van der Waals surface area contributed by atoms with Crippen LogP contribution in [-0.4, -0.2) is 42.5 Å². The van der Waals surface area contributed by atoms with E-state index in [0.717, 1.165) is 44.0 Å². The van der Waals surface area contributed by atoms with Gasteiger partial charge in [0.15, 0.2) is 0 Å². The van der Waals surface area contributed by atoms with Gasteiger partial charge in [0.2, 0.25) is 0 Å². The van der Waals surface area contributed by atoms with Crippen LogP contribution in [0.4, 0.5) is 22.7 Å². The van der Waals surface area contributed by atoms with Crippen molar-refractivity contribution in [3.8, 4) is 0 Å². The third-order valence-corrected chi connectivity index (χ3v) is 4.76. The second-order valence-corrected chi connectivity index (χ2v) is 6.32. The minimum Gasteiger partial charge on any atom is -0.369 e. The summed E-state index contributed by atoms with van der Waals surface area (Å²) in [5.41, 5.74) is 3.78. The lowest BCUT2D eigenvalue weighted by Crippen LogP contribution is -2.46. The van der Waals surface area contributed by atoms with Crippen LogP contribution in [0.2, 0.25) is 0 Å². The van der Waals surface area contributed by atoms with Crippen molar-refractivity contribution in [2.24, 2.45) is 0 Å². The highest BCUT2D eigenvalue weighted by atomic mass is 16.6. The number of nitrogens with one attached hydrogen (secondary N) is 1. The number of nitro benzene ring substituents is 1. The van der Waals surface area contributed by atoms with E-state index in [1.54, 1.807) is 18.2 Å². The molecule has 0 atom stereocenters. The summed E-state index contributed by atoms with van der Waals surface area (Å²) in [6.45, 7) is 9.57. The number of hydrogen-bond acceptors (Lipinski definition) is 5. The lowest BCUT2D eigenvalue weighted by atomic mass is 10.1. The largest absolute Gasteiger partial charge is 0.369 e. The summed E-state index contributed by atoms with van der Waals surface area (Å²) in [7, 11) is 0. The van der Waals surface area contributed by atoms with Crippen LogP contribution < -0.4 is 10.2 Å². The van der Waals surface area contributed by atoms with Gasteiger partial charge in [0.25, 0.3) is 5.69 Å². The van der Waals surface area contributed by atoms with Crippen molar-refractivity contribution in [3.63, 3.8) is 0 Å². The Morgan fingerprint density at radius 1 is 1.08 bits per heavy atom.